The number of carbonyl (C=O) groups is 1. The van der Waals surface area contributed by atoms with Crippen LogP contribution in [0.5, 0.6) is 0 Å². The molecule has 1 heterocycles. The molecule has 0 atom stereocenters. The van der Waals surface area contributed by atoms with Gasteiger partial charge < -0.3 is 9.15 Å². The van der Waals surface area contributed by atoms with Crippen LogP contribution in [0.3, 0.4) is 0 Å². The topological polar surface area (TPSA) is 63.8 Å². The molecule has 5 nitrogen and oxygen atoms in total. The third-order valence-corrected chi connectivity index (χ3v) is 2.08. The number of hydrazone groups is 1. The molecule has 0 saturated heterocycles. The van der Waals surface area contributed by atoms with E-state index in [1.807, 2.05) is 6.92 Å². The fraction of sp³-hybridized carbons (Fsp3) is 0.500. The van der Waals surface area contributed by atoms with Gasteiger partial charge in [0.2, 0.25) is 5.90 Å². The van der Waals surface area contributed by atoms with E-state index in [2.05, 4.69) is 17.5 Å². The Hall–Kier alpha value is -1.78. The zero-order chi connectivity index (χ0) is 12.5. The summed E-state index contributed by atoms with van der Waals surface area (Å²) in [6.07, 6.45) is 4.20. The summed E-state index contributed by atoms with van der Waals surface area (Å²) in [5.74, 6) is 0.415. The molecule has 0 aromatic carbocycles. The van der Waals surface area contributed by atoms with Gasteiger partial charge >= 0.3 is 5.91 Å². The highest BCUT2D eigenvalue weighted by atomic mass is 16.5. The van der Waals surface area contributed by atoms with Crippen molar-refractivity contribution in [1.29, 1.82) is 0 Å². The molecule has 1 N–H and O–H groups in total. The number of hydrogen-bond acceptors (Lipinski definition) is 4. The van der Waals surface area contributed by atoms with E-state index in [1.165, 1.54) is 6.26 Å². The second-order valence-corrected chi connectivity index (χ2v) is 3.46. The Morgan fingerprint density at radius 3 is 2.94 bits per heavy atom. The number of hydrogen-bond donors (Lipinski definition) is 1. The normalized spacial score (nSPS) is 11.3. The third-order valence-electron chi connectivity index (χ3n) is 2.08. The van der Waals surface area contributed by atoms with E-state index in [0.29, 0.717) is 12.5 Å². The highest BCUT2D eigenvalue weighted by Crippen LogP contribution is 2.01. The zero-order valence-corrected chi connectivity index (χ0v) is 10.2. The maximum Gasteiger partial charge on any atom is 0.307 e. The van der Waals surface area contributed by atoms with Crippen LogP contribution >= 0.6 is 0 Å². The summed E-state index contributed by atoms with van der Waals surface area (Å²) in [7, 11) is 0. The molecule has 94 valence electrons. The van der Waals surface area contributed by atoms with Crippen molar-refractivity contribution in [2.45, 2.75) is 33.1 Å². The SMILES string of the molecule is CCCC/C(=N\NC(=O)c1ccco1)OCC. The van der Waals surface area contributed by atoms with Crippen molar-refractivity contribution in [3.05, 3.63) is 24.2 Å². The molecule has 5 heteroatoms. The Kier molecular flexibility index (Phi) is 5.85. The van der Waals surface area contributed by atoms with Crippen molar-refractivity contribution in [3.8, 4) is 0 Å². The van der Waals surface area contributed by atoms with Crippen LogP contribution in [0.4, 0.5) is 0 Å². The molecule has 0 aliphatic carbocycles. The van der Waals surface area contributed by atoms with E-state index in [1.54, 1.807) is 12.1 Å². The van der Waals surface area contributed by atoms with Gasteiger partial charge in [0.1, 0.15) is 0 Å². The summed E-state index contributed by atoms with van der Waals surface area (Å²) < 4.78 is 10.3. The van der Waals surface area contributed by atoms with Gasteiger partial charge in [0.05, 0.1) is 12.9 Å². The molecule has 0 radical (unpaired) electrons. The predicted octanol–water partition coefficient (Wildman–Crippen LogP) is 2.55. The number of amides is 1. The lowest BCUT2D eigenvalue weighted by atomic mass is 10.2. The summed E-state index contributed by atoms with van der Waals surface area (Å²) >= 11 is 0. The lowest BCUT2D eigenvalue weighted by Crippen LogP contribution is -2.20. The summed E-state index contributed by atoms with van der Waals surface area (Å²) in [5.41, 5.74) is 2.41. The highest BCUT2D eigenvalue weighted by molar-refractivity contribution is 5.92. The minimum Gasteiger partial charge on any atom is -0.480 e. The largest absolute Gasteiger partial charge is 0.480 e. The minimum atomic E-state index is -0.372. The molecule has 17 heavy (non-hydrogen) atoms. The highest BCUT2D eigenvalue weighted by Gasteiger charge is 2.07. The van der Waals surface area contributed by atoms with E-state index >= 15 is 0 Å². The third kappa shape index (κ3) is 4.72. The number of nitrogens with one attached hydrogen (secondary N) is 1. The summed E-state index contributed by atoms with van der Waals surface area (Å²) in [6.45, 7) is 4.51. The summed E-state index contributed by atoms with van der Waals surface area (Å²) in [5, 5.41) is 3.94. The average molecular weight is 238 g/mol. The molecule has 1 rings (SSSR count). The van der Waals surface area contributed by atoms with Crippen LogP contribution in [-0.2, 0) is 4.74 Å². The maximum absolute atomic E-state index is 11.5. The van der Waals surface area contributed by atoms with Crippen LogP contribution in [0.15, 0.2) is 27.9 Å². The first-order valence-corrected chi connectivity index (χ1v) is 5.81. The van der Waals surface area contributed by atoms with Gasteiger partial charge in [-0.05, 0) is 25.5 Å². The van der Waals surface area contributed by atoms with Gasteiger partial charge in [-0.2, -0.15) is 0 Å². The van der Waals surface area contributed by atoms with Crippen molar-refractivity contribution >= 4 is 11.8 Å². The molecule has 1 amide bonds. The molecule has 0 saturated carbocycles. The molecule has 0 aliphatic rings. The number of unbranched alkanes of at least 4 members (excludes halogenated alkanes) is 1. The standard InChI is InChI=1S/C12H18N2O3/c1-3-5-8-11(16-4-2)13-14-12(15)10-7-6-9-17-10/h6-7,9H,3-5,8H2,1-2H3,(H,14,15)/b13-11+. The first-order valence-electron chi connectivity index (χ1n) is 5.81. The predicted molar refractivity (Wildman–Crippen MR) is 64.8 cm³/mol. The van der Waals surface area contributed by atoms with Crippen molar-refractivity contribution in [2.24, 2.45) is 5.10 Å². The minimum absolute atomic E-state index is 0.236. The smallest absolute Gasteiger partial charge is 0.307 e. The van der Waals surface area contributed by atoms with Gasteiger partial charge in [0.25, 0.3) is 0 Å². The Bertz CT molecular complexity index is 358. The van der Waals surface area contributed by atoms with Crippen LogP contribution in [0, 0.1) is 0 Å². The van der Waals surface area contributed by atoms with Crippen molar-refractivity contribution in [1.82, 2.24) is 5.43 Å². The fourth-order valence-corrected chi connectivity index (χ4v) is 1.23. The molecule has 0 spiro atoms. The Labute approximate surface area is 101 Å². The lowest BCUT2D eigenvalue weighted by Gasteiger charge is -2.06. The number of rotatable bonds is 6. The van der Waals surface area contributed by atoms with Gasteiger partial charge in [-0.15, -0.1) is 5.10 Å². The molecular weight excluding hydrogens is 220 g/mol. The van der Waals surface area contributed by atoms with Gasteiger partial charge in [0, 0.05) is 6.42 Å². The van der Waals surface area contributed by atoms with Gasteiger partial charge in [-0.3, -0.25) is 4.79 Å². The molecule has 1 aromatic heterocycles. The van der Waals surface area contributed by atoms with E-state index in [4.69, 9.17) is 9.15 Å². The molecule has 1 aromatic rings. The summed E-state index contributed by atoms with van der Waals surface area (Å²) in [6, 6.07) is 3.23. The number of furan rings is 1. The molecule has 0 bridgehead atoms. The second kappa shape index (κ2) is 7.49. The van der Waals surface area contributed by atoms with Crippen molar-refractivity contribution in [2.75, 3.05) is 6.61 Å². The maximum atomic E-state index is 11.5. The molecule has 0 aliphatic heterocycles. The van der Waals surface area contributed by atoms with E-state index < -0.39 is 0 Å². The van der Waals surface area contributed by atoms with E-state index in [0.717, 1.165) is 19.3 Å². The Morgan fingerprint density at radius 1 is 1.53 bits per heavy atom. The lowest BCUT2D eigenvalue weighted by molar-refractivity contribution is 0.0925. The molecule has 0 fully saturated rings. The van der Waals surface area contributed by atoms with E-state index in [9.17, 15) is 4.79 Å². The van der Waals surface area contributed by atoms with Crippen LogP contribution in [0.25, 0.3) is 0 Å². The number of carbonyl (C=O) groups excluding carboxylic acids is 1. The number of ether oxygens (including phenoxy) is 1. The second-order valence-electron chi connectivity index (χ2n) is 3.46. The summed E-state index contributed by atoms with van der Waals surface area (Å²) in [4.78, 5) is 11.5. The van der Waals surface area contributed by atoms with E-state index in [-0.39, 0.29) is 11.7 Å². The number of nitrogens with zero attached hydrogens (tertiary/aromatic N) is 1. The zero-order valence-electron chi connectivity index (χ0n) is 10.2. The molecular formula is C12H18N2O3. The van der Waals surface area contributed by atoms with Gasteiger partial charge in [-0.1, -0.05) is 13.3 Å². The first kappa shape index (κ1) is 13.3. The van der Waals surface area contributed by atoms with Crippen LogP contribution in [-0.4, -0.2) is 18.4 Å². The van der Waals surface area contributed by atoms with Crippen LogP contribution in [0.2, 0.25) is 0 Å². The van der Waals surface area contributed by atoms with Crippen LogP contribution < -0.4 is 5.43 Å². The van der Waals surface area contributed by atoms with Gasteiger partial charge in [0.15, 0.2) is 5.76 Å². The average Bonchev–Trinajstić information content (AvgIpc) is 2.86. The molecule has 0 unspecified atom stereocenters. The van der Waals surface area contributed by atoms with Crippen molar-refractivity contribution < 1.29 is 13.9 Å². The van der Waals surface area contributed by atoms with Crippen LogP contribution in [0.1, 0.15) is 43.7 Å². The van der Waals surface area contributed by atoms with Gasteiger partial charge in [-0.25, -0.2) is 5.43 Å². The monoisotopic (exact) mass is 238 g/mol. The fourth-order valence-electron chi connectivity index (χ4n) is 1.23. The Morgan fingerprint density at radius 2 is 2.35 bits per heavy atom. The Balaban J connectivity index is 2.50. The van der Waals surface area contributed by atoms with Crippen molar-refractivity contribution in [3.63, 3.8) is 0 Å². The quantitative estimate of drug-likeness (QED) is 0.470. The first-order chi connectivity index (χ1) is 8.27.